The molecule has 5 nitrogen and oxygen atoms in total. The van der Waals surface area contributed by atoms with Crippen molar-refractivity contribution >= 4 is 27.7 Å². The first-order chi connectivity index (χ1) is 10.2. The highest BCUT2D eigenvalue weighted by atomic mass is 79.9. The molecule has 1 saturated carbocycles. The van der Waals surface area contributed by atoms with Gasteiger partial charge in [-0.15, -0.1) is 0 Å². The quantitative estimate of drug-likeness (QED) is 0.902. The standard InChI is InChI=1S/C15H16BrN3O2/c1-21-12-6-2-10(3-7-12)9-19-13(16)8-14(18-19)17-15(20)11-4-5-11/h2-3,6-8,11H,4-5,9H2,1H3,(H,17,18,20). The Bertz CT molecular complexity index is 647. The lowest BCUT2D eigenvalue weighted by atomic mass is 10.2. The fourth-order valence-electron chi connectivity index (χ4n) is 2.04. The third kappa shape index (κ3) is 3.44. The van der Waals surface area contributed by atoms with Crippen molar-refractivity contribution in [2.75, 3.05) is 12.4 Å². The number of nitrogens with one attached hydrogen (secondary N) is 1. The van der Waals surface area contributed by atoms with Crippen molar-refractivity contribution in [2.45, 2.75) is 19.4 Å². The van der Waals surface area contributed by atoms with Crippen molar-refractivity contribution in [1.82, 2.24) is 9.78 Å². The number of aromatic nitrogens is 2. The topological polar surface area (TPSA) is 56.1 Å². The number of hydrogen-bond acceptors (Lipinski definition) is 3. The molecular formula is C15H16BrN3O2. The summed E-state index contributed by atoms with van der Waals surface area (Å²) in [7, 11) is 1.65. The van der Waals surface area contributed by atoms with Crippen LogP contribution in [0, 0.1) is 5.92 Å². The lowest BCUT2D eigenvalue weighted by Crippen LogP contribution is -2.14. The second-order valence-electron chi connectivity index (χ2n) is 5.12. The zero-order chi connectivity index (χ0) is 14.8. The molecule has 1 aromatic carbocycles. The molecule has 1 aliphatic rings. The fraction of sp³-hybridized carbons (Fsp3) is 0.333. The first-order valence-corrected chi connectivity index (χ1v) is 7.62. The average molecular weight is 350 g/mol. The zero-order valence-electron chi connectivity index (χ0n) is 11.7. The average Bonchev–Trinajstić information content (AvgIpc) is 3.27. The Morgan fingerprint density at radius 1 is 1.43 bits per heavy atom. The summed E-state index contributed by atoms with van der Waals surface area (Å²) >= 11 is 3.47. The summed E-state index contributed by atoms with van der Waals surface area (Å²) < 4.78 is 7.79. The highest BCUT2D eigenvalue weighted by molar-refractivity contribution is 9.10. The molecule has 0 unspecified atom stereocenters. The smallest absolute Gasteiger partial charge is 0.228 e. The molecule has 6 heteroatoms. The molecule has 0 atom stereocenters. The molecule has 1 heterocycles. The second-order valence-corrected chi connectivity index (χ2v) is 5.93. The van der Waals surface area contributed by atoms with Gasteiger partial charge >= 0.3 is 0 Å². The van der Waals surface area contributed by atoms with E-state index in [4.69, 9.17) is 4.74 Å². The minimum Gasteiger partial charge on any atom is -0.497 e. The monoisotopic (exact) mass is 349 g/mol. The van der Waals surface area contributed by atoms with Crippen LogP contribution in [-0.2, 0) is 11.3 Å². The van der Waals surface area contributed by atoms with Gasteiger partial charge in [0.2, 0.25) is 5.91 Å². The molecule has 1 aromatic heterocycles. The molecule has 0 aliphatic heterocycles. The molecule has 0 saturated heterocycles. The predicted molar refractivity (Wildman–Crippen MR) is 83.4 cm³/mol. The molecular weight excluding hydrogens is 334 g/mol. The van der Waals surface area contributed by atoms with Gasteiger partial charge in [0.05, 0.1) is 13.7 Å². The molecule has 21 heavy (non-hydrogen) atoms. The van der Waals surface area contributed by atoms with E-state index in [1.165, 1.54) is 0 Å². The number of anilines is 1. The molecule has 0 radical (unpaired) electrons. The van der Waals surface area contributed by atoms with Crippen molar-refractivity contribution in [1.29, 1.82) is 0 Å². The molecule has 1 aliphatic carbocycles. The van der Waals surface area contributed by atoms with E-state index in [0.29, 0.717) is 12.4 Å². The molecule has 2 aromatic rings. The number of carbonyl (C=O) groups excluding carboxylic acids is 1. The summed E-state index contributed by atoms with van der Waals surface area (Å²) in [5.41, 5.74) is 1.11. The summed E-state index contributed by atoms with van der Waals surface area (Å²) in [4.78, 5) is 11.7. The molecule has 110 valence electrons. The van der Waals surface area contributed by atoms with Crippen LogP contribution in [-0.4, -0.2) is 22.8 Å². The zero-order valence-corrected chi connectivity index (χ0v) is 13.3. The molecule has 0 spiro atoms. The minimum absolute atomic E-state index is 0.0663. The Labute approximate surface area is 131 Å². The van der Waals surface area contributed by atoms with Crippen molar-refractivity contribution < 1.29 is 9.53 Å². The minimum atomic E-state index is 0.0663. The van der Waals surface area contributed by atoms with Gasteiger partial charge in [0.25, 0.3) is 0 Å². The maximum Gasteiger partial charge on any atom is 0.228 e. The largest absolute Gasteiger partial charge is 0.497 e. The number of nitrogens with zero attached hydrogens (tertiary/aromatic N) is 2. The van der Waals surface area contributed by atoms with Gasteiger partial charge in [-0.25, -0.2) is 0 Å². The van der Waals surface area contributed by atoms with Gasteiger partial charge < -0.3 is 10.1 Å². The number of amides is 1. The predicted octanol–water partition coefficient (Wildman–Crippen LogP) is 3.05. The van der Waals surface area contributed by atoms with Crippen LogP contribution < -0.4 is 10.1 Å². The summed E-state index contributed by atoms with van der Waals surface area (Å²) in [6, 6.07) is 9.65. The van der Waals surface area contributed by atoms with Gasteiger partial charge in [0, 0.05) is 12.0 Å². The summed E-state index contributed by atoms with van der Waals surface area (Å²) in [6.07, 6.45) is 1.97. The van der Waals surface area contributed by atoms with Crippen LogP contribution in [0.1, 0.15) is 18.4 Å². The van der Waals surface area contributed by atoms with Crippen LogP contribution in [0.3, 0.4) is 0 Å². The lowest BCUT2D eigenvalue weighted by molar-refractivity contribution is -0.117. The van der Waals surface area contributed by atoms with E-state index in [2.05, 4.69) is 26.3 Å². The number of halogens is 1. The van der Waals surface area contributed by atoms with Gasteiger partial charge in [-0.2, -0.15) is 5.10 Å². The van der Waals surface area contributed by atoms with E-state index in [-0.39, 0.29) is 11.8 Å². The van der Waals surface area contributed by atoms with Crippen LogP contribution in [0.15, 0.2) is 34.9 Å². The SMILES string of the molecule is COc1ccc(Cn2nc(NC(=O)C3CC3)cc2Br)cc1. The maximum atomic E-state index is 11.7. The van der Waals surface area contributed by atoms with Crippen molar-refractivity contribution in [3.63, 3.8) is 0 Å². The highest BCUT2D eigenvalue weighted by Gasteiger charge is 2.30. The molecule has 1 fully saturated rings. The van der Waals surface area contributed by atoms with Crippen molar-refractivity contribution in [3.05, 3.63) is 40.5 Å². The number of rotatable bonds is 5. The Morgan fingerprint density at radius 2 is 2.14 bits per heavy atom. The van der Waals surface area contributed by atoms with E-state index in [9.17, 15) is 4.79 Å². The van der Waals surface area contributed by atoms with Gasteiger partial charge in [0.15, 0.2) is 5.82 Å². The lowest BCUT2D eigenvalue weighted by Gasteiger charge is -2.05. The number of hydrogen-bond donors (Lipinski definition) is 1. The summed E-state index contributed by atoms with van der Waals surface area (Å²) in [5, 5.41) is 7.25. The van der Waals surface area contributed by atoms with E-state index >= 15 is 0 Å². The third-order valence-corrected chi connectivity index (χ3v) is 4.06. The van der Waals surface area contributed by atoms with Crippen molar-refractivity contribution in [2.24, 2.45) is 5.92 Å². The van der Waals surface area contributed by atoms with Crippen LogP contribution in [0.25, 0.3) is 0 Å². The number of ether oxygens (including phenoxy) is 1. The Balaban J connectivity index is 1.69. The molecule has 3 rings (SSSR count). The van der Waals surface area contributed by atoms with Crippen LogP contribution in [0.5, 0.6) is 5.75 Å². The van der Waals surface area contributed by atoms with Crippen LogP contribution in [0.4, 0.5) is 5.82 Å². The Hall–Kier alpha value is -1.82. The van der Waals surface area contributed by atoms with E-state index in [1.54, 1.807) is 7.11 Å². The van der Waals surface area contributed by atoms with Crippen LogP contribution >= 0.6 is 15.9 Å². The summed E-state index contributed by atoms with van der Waals surface area (Å²) in [5.74, 6) is 1.66. The number of carbonyl (C=O) groups is 1. The normalized spacial score (nSPS) is 14.0. The first-order valence-electron chi connectivity index (χ1n) is 6.83. The number of benzene rings is 1. The van der Waals surface area contributed by atoms with Gasteiger partial charge in [0.1, 0.15) is 10.4 Å². The van der Waals surface area contributed by atoms with Gasteiger partial charge in [-0.3, -0.25) is 9.48 Å². The van der Waals surface area contributed by atoms with Crippen LogP contribution in [0.2, 0.25) is 0 Å². The fourth-order valence-corrected chi connectivity index (χ4v) is 2.47. The molecule has 0 bridgehead atoms. The van der Waals surface area contributed by atoms with E-state index in [0.717, 1.165) is 28.8 Å². The van der Waals surface area contributed by atoms with Crippen molar-refractivity contribution in [3.8, 4) is 5.75 Å². The Kier molecular flexibility index (Phi) is 3.96. The maximum absolute atomic E-state index is 11.7. The molecule has 1 N–H and O–H groups in total. The number of methoxy groups -OCH3 is 1. The van der Waals surface area contributed by atoms with E-state index < -0.39 is 0 Å². The first kappa shape index (κ1) is 14.1. The third-order valence-electron chi connectivity index (χ3n) is 3.42. The molecule has 1 amide bonds. The van der Waals surface area contributed by atoms with Gasteiger partial charge in [-0.05, 0) is 46.5 Å². The Morgan fingerprint density at radius 3 is 2.76 bits per heavy atom. The van der Waals surface area contributed by atoms with E-state index in [1.807, 2.05) is 35.0 Å². The second kappa shape index (κ2) is 5.89. The summed E-state index contributed by atoms with van der Waals surface area (Å²) in [6.45, 7) is 0.629. The highest BCUT2D eigenvalue weighted by Crippen LogP contribution is 2.30. The van der Waals surface area contributed by atoms with Gasteiger partial charge in [-0.1, -0.05) is 12.1 Å².